The fourth-order valence-electron chi connectivity index (χ4n) is 2.53. The van der Waals surface area contributed by atoms with Gasteiger partial charge in [-0.05, 0) is 31.5 Å². The van der Waals surface area contributed by atoms with E-state index in [1.165, 1.54) is 34.0 Å². The summed E-state index contributed by atoms with van der Waals surface area (Å²) in [6.45, 7) is 3.73. The lowest BCUT2D eigenvalue weighted by molar-refractivity contribution is -0.116. The Bertz CT molecular complexity index is 1080. The number of nitrogens with zero attached hydrogens (tertiary/aromatic N) is 3. The number of amides is 1. The van der Waals surface area contributed by atoms with Crippen molar-refractivity contribution in [1.82, 2.24) is 9.55 Å². The number of benzene rings is 1. The zero-order valence-electron chi connectivity index (χ0n) is 14.3. The molecule has 0 radical (unpaired) electrons. The minimum absolute atomic E-state index is 0.118. The highest BCUT2D eigenvalue weighted by molar-refractivity contribution is 7.99. The van der Waals surface area contributed by atoms with E-state index in [9.17, 15) is 9.59 Å². The number of carbonyl (C=O) groups excluding carboxylic acids is 1. The molecule has 0 aliphatic rings. The molecule has 2 heterocycles. The van der Waals surface area contributed by atoms with Crippen molar-refractivity contribution in [2.24, 2.45) is 0 Å². The smallest absolute Gasteiger partial charge is 0.262 e. The summed E-state index contributed by atoms with van der Waals surface area (Å²) in [4.78, 5) is 31.9. The number of carbonyl (C=O) groups is 1. The Morgan fingerprint density at radius 3 is 2.92 bits per heavy atom. The molecule has 0 saturated heterocycles. The summed E-state index contributed by atoms with van der Waals surface area (Å²) >= 11 is 2.83. The summed E-state index contributed by atoms with van der Waals surface area (Å²) in [7, 11) is 0. The molecule has 0 bridgehead atoms. The number of para-hydroxylation sites is 1. The zero-order valence-corrected chi connectivity index (χ0v) is 15.9. The molecule has 0 spiro atoms. The maximum Gasteiger partial charge on any atom is 0.262 e. The van der Waals surface area contributed by atoms with E-state index in [2.05, 4.69) is 16.4 Å². The van der Waals surface area contributed by atoms with E-state index >= 15 is 0 Å². The average molecular weight is 384 g/mol. The lowest BCUT2D eigenvalue weighted by Crippen LogP contribution is -2.28. The van der Waals surface area contributed by atoms with Gasteiger partial charge in [0.1, 0.15) is 11.4 Å². The van der Waals surface area contributed by atoms with Crippen molar-refractivity contribution in [2.75, 3.05) is 11.1 Å². The maximum atomic E-state index is 12.7. The van der Waals surface area contributed by atoms with Crippen LogP contribution in [-0.4, -0.2) is 21.2 Å². The summed E-state index contributed by atoms with van der Waals surface area (Å²) in [5.74, 6) is -0.0214. The van der Waals surface area contributed by atoms with E-state index in [1.807, 2.05) is 32.0 Å². The lowest BCUT2D eigenvalue weighted by atomic mass is 10.2. The van der Waals surface area contributed by atoms with Crippen molar-refractivity contribution in [3.05, 3.63) is 51.4 Å². The third-order valence-corrected chi connectivity index (χ3v) is 5.98. The second kappa shape index (κ2) is 7.72. The van der Waals surface area contributed by atoms with E-state index in [0.717, 1.165) is 15.3 Å². The standard InChI is InChI=1S/C18H16N4O2S2/c1-11-12(2)26-17-16(11)18(24)22(10-20-17)9-15(23)21-13-5-3-4-6-14(13)25-8-7-19/h3-6,10H,8-9H2,1-2H3,(H,21,23). The summed E-state index contributed by atoms with van der Waals surface area (Å²) in [5.41, 5.74) is 1.33. The number of thioether (sulfide) groups is 1. The fourth-order valence-corrected chi connectivity index (χ4v) is 4.19. The molecule has 26 heavy (non-hydrogen) atoms. The number of nitriles is 1. The summed E-state index contributed by atoms with van der Waals surface area (Å²) in [6.07, 6.45) is 1.41. The second-order valence-corrected chi connectivity index (χ2v) is 7.85. The number of thiophene rings is 1. The van der Waals surface area contributed by atoms with Gasteiger partial charge in [-0.2, -0.15) is 5.26 Å². The SMILES string of the molecule is Cc1sc2ncn(CC(=O)Nc3ccccc3SCC#N)c(=O)c2c1C. The van der Waals surface area contributed by atoms with Gasteiger partial charge in [0.05, 0.1) is 29.2 Å². The van der Waals surface area contributed by atoms with E-state index in [-0.39, 0.29) is 18.0 Å². The molecule has 1 aromatic carbocycles. The highest BCUT2D eigenvalue weighted by Gasteiger charge is 2.14. The molecule has 0 unspecified atom stereocenters. The van der Waals surface area contributed by atoms with Gasteiger partial charge in [-0.1, -0.05) is 12.1 Å². The molecule has 2 aromatic heterocycles. The van der Waals surface area contributed by atoms with Gasteiger partial charge < -0.3 is 5.32 Å². The Kier molecular flexibility index (Phi) is 5.40. The van der Waals surface area contributed by atoms with Gasteiger partial charge in [-0.15, -0.1) is 23.1 Å². The molecule has 8 heteroatoms. The Morgan fingerprint density at radius 1 is 1.38 bits per heavy atom. The summed E-state index contributed by atoms with van der Waals surface area (Å²) in [5, 5.41) is 12.1. The quantitative estimate of drug-likeness (QED) is 0.682. The van der Waals surface area contributed by atoms with Gasteiger partial charge in [0.25, 0.3) is 5.56 Å². The van der Waals surface area contributed by atoms with Gasteiger partial charge in [0.2, 0.25) is 5.91 Å². The van der Waals surface area contributed by atoms with Crippen molar-refractivity contribution in [2.45, 2.75) is 25.3 Å². The molecular formula is C18H16N4O2S2. The van der Waals surface area contributed by atoms with Crippen molar-refractivity contribution in [1.29, 1.82) is 5.26 Å². The maximum absolute atomic E-state index is 12.7. The predicted molar refractivity (Wildman–Crippen MR) is 105 cm³/mol. The third kappa shape index (κ3) is 3.64. The number of hydrogen-bond donors (Lipinski definition) is 1. The number of fused-ring (bicyclic) bond motifs is 1. The van der Waals surface area contributed by atoms with Crippen LogP contribution in [0.3, 0.4) is 0 Å². The van der Waals surface area contributed by atoms with Crippen LogP contribution in [0.15, 0.2) is 40.3 Å². The zero-order chi connectivity index (χ0) is 18.7. The Morgan fingerprint density at radius 2 is 2.15 bits per heavy atom. The molecule has 1 amide bonds. The van der Waals surface area contributed by atoms with Gasteiger partial charge in [0.15, 0.2) is 0 Å². The van der Waals surface area contributed by atoms with Crippen LogP contribution < -0.4 is 10.9 Å². The van der Waals surface area contributed by atoms with Crippen LogP contribution in [0.25, 0.3) is 10.2 Å². The molecule has 6 nitrogen and oxygen atoms in total. The molecule has 0 fully saturated rings. The Balaban J connectivity index is 1.82. The molecule has 3 aromatic rings. The monoisotopic (exact) mass is 384 g/mol. The Hall–Kier alpha value is -2.63. The molecule has 0 saturated carbocycles. The van der Waals surface area contributed by atoms with Gasteiger partial charge in [-0.3, -0.25) is 14.2 Å². The highest BCUT2D eigenvalue weighted by atomic mass is 32.2. The van der Waals surface area contributed by atoms with E-state index in [0.29, 0.717) is 21.7 Å². The van der Waals surface area contributed by atoms with Crippen LogP contribution in [0.4, 0.5) is 5.69 Å². The van der Waals surface area contributed by atoms with Crippen LogP contribution in [0.2, 0.25) is 0 Å². The van der Waals surface area contributed by atoms with Crippen molar-refractivity contribution < 1.29 is 4.79 Å². The normalized spacial score (nSPS) is 10.7. The van der Waals surface area contributed by atoms with Crippen LogP contribution in [0.5, 0.6) is 0 Å². The minimum atomic E-state index is -0.317. The first-order valence-corrected chi connectivity index (χ1v) is 9.65. The number of nitrogens with one attached hydrogen (secondary N) is 1. The molecule has 1 N–H and O–H groups in total. The molecule has 0 aliphatic carbocycles. The molecular weight excluding hydrogens is 368 g/mol. The van der Waals surface area contributed by atoms with E-state index in [1.54, 1.807) is 6.07 Å². The average Bonchev–Trinajstić information content (AvgIpc) is 2.91. The van der Waals surface area contributed by atoms with Crippen molar-refractivity contribution >= 4 is 44.9 Å². The van der Waals surface area contributed by atoms with Crippen LogP contribution in [0, 0.1) is 25.2 Å². The topological polar surface area (TPSA) is 87.8 Å². The number of aryl methyl sites for hydroxylation is 2. The van der Waals surface area contributed by atoms with E-state index < -0.39 is 0 Å². The largest absolute Gasteiger partial charge is 0.324 e. The number of aromatic nitrogens is 2. The van der Waals surface area contributed by atoms with Crippen LogP contribution in [-0.2, 0) is 11.3 Å². The summed E-state index contributed by atoms with van der Waals surface area (Å²) in [6, 6.07) is 9.34. The first-order valence-electron chi connectivity index (χ1n) is 7.85. The van der Waals surface area contributed by atoms with Gasteiger partial charge >= 0.3 is 0 Å². The van der Waals surface area contributed by atoms with Crippen LogP contribution >= 0.6 is 23.1 Å². The van der Waals surface area contributed by atoms with Crippen molar-refractivity contribution in [3.8, 4) is 6.07 Å². The minimum Gasteiger partial charge on any atom is -0.324 e. The first-order chi connectivity index (χ1) is 12.5. The molecule has 132 valence electrons. The third-order valence-electron chi connectivity index (χ3n) is 3.92. The second-order valence-electron chi connectivity index (χ2n) is 5.63. The first kappa shape index (κ1) is 18.2. The lowest BCUT2D eigenvalue weighted by Gasteiger charge is -2.10. The van der Waals surface area contributed by atoms with E-state index in [4.69, 9.17) is 5.26 Å². The van der Waals surface area contributed by atoms with Crippen molar-refractivity contribution in [3.63, 3.8) is 0 Å². The molecule has 3 rings (SSSR count). The van der Waals surface area contributed by atoms with Crippen LogP contribution in [0.1, 0.15) is 10.4 Å². The fraction of sp³-hybridized carbons (Fsp3) is 0.222. The van der Waals surface area contributed by atoms with Gasteiger partial charge in [-0.25, -0.2) is 4.98 Å². The number of rotatable bonds is 5. The molecule has 0 atom stereocenters. The predicted octanol–water partition coefficient (Wildman–Crippen LogP) is 3.33. The van der Waals surface area contributed by atoms with Gasteiger partial charge in [0, 0.05) is 9.77 Å². The highest BCUT2D eigenvalue weighted by Crippen LogP contribution is 2.27. The number of anilines is 1. The summed E-state index contributed by atoms with van der Waals surface area (Å²) < 4.78 is 1.32. The Labute approximate surface area is 158 Å². The molecule has 0 aliphatic heterocycles. The number of hydrogen-bond acceptors (Lipinski definition) is 6.